The van der Waals surface area contributed by atoms with Crippen molar-refractivity contribution in [2.24, 2.45) is 0 Å². The number of benzene rings is 1. The van der Waals surface area contributed by atoms with Crippen molar-refractivity contribution in [3.8, 4) is 11.4 Å². The Morgan fingerprint density at radius 1 is 1.14 bits per heavy atom. The van der Waals surface area contributed by atoms with Gasteiger partial charge in [-0.3, -0.25) is 4.79 Å². The molecule has 8 nitrogen and oxygen atoms in total. The van der Waals surface area contributed by atoms with E-state index in [4.69, 9.17) is 4.74 Å². The number of anilines is 2. The predicted octanol–water partition coefficient (Wildman–Crippen LogP) is 4.88. The molecule has 0 radical (unpaired) electrons. The maximum atomic E-state index is 12.9. The number of nitrogens with one attached hydrogen (secondary N) is 1. The maximum Gasteiger partial charge on any atom is 0.341 e. The van der Waals surface area contributed by atoms with Crippen molar-refractivity contribution in [3.05, 3.63) is 40.3 Å². The second kappa shape index (κ2) is 11.3. The first-order chi connectivity index (χ1) is 16.9. The van der Waals surface area contributed by atoms with Crippen LogP contribution in [0.15, 0.2) is 29.4 Å². The van der Waals surface area contributed by atoms with Crippen molar-refractivity contribution < 1.29 is 14.3 Å². The second-order valence-electron chi connectivity index (χ2n) is 8.59. The Labute approximate surface area is 214 Å². The summed E-state index contributed by atoms with van der Waals surface area (Å²) in [7, 11) is 5.39. The minimum absolute atomic E-state index is 0.168. The molecule has 1 aliphatic carbocycles. The lowest BCUT2D eigenvalue weighted by Gasteiger charge is -2.13. The zero-order valence-corrected chi connectivity index (χ0v) is 22.2. The van der Waals surface area contributed by atoms with Crippen LogP contribution in [0.5, 0.6) is 0 Å². The zero-order valence-electron chi connectivity index (χ0n) is 20.6. The minimum Gasteiger partial charge on any atom is -0.465 e. The van der Waals surface area contributed by atoms with Crippen LogP contribution in [0.2, 0.25) is 0 Å². The number of hydrogen-bond acceptors (Lipinski definition) is 8. The van der Waals surface area contributed by atoms with Gasteiger partial charge in [-0.25, -0.2) is 4.79 Å². The summed E-state index contributed by atoms with van der Waals surface area (Å²) in [5.41, 5.74) is 3.65. The van der Waals surface area contributed by atoms with Crippen LogP contribution >= 0.6 is 23.1 Å². The van der Waals surface area contributed by atoms with Crippen molar-refractivity contribution in [2.75, 3.05) is 37.2 Å². The molecule has 1 amide bonds. The highest BCUT2D eigenvalue weighted by molar-refractivity contribution is 7.99. The Bertz CT molecular complexity index is 1200. The average Bonchev–Trinajstić information content (AvgIpc) is 3.34. The standard InChI is InChI=1S/C25H31N5O3S2/c1-5-30-22(16-11-13-17(14-12-16)29(2)3)27-28-25(30)34-15-20(31)26-23-21(24(32)33-4)18-9-7-6-8-10-19(18)35-23/h11-14H,5-10,15H2,1-4H3,(H,26,31). The van der Waals surface area contributed by atoms with E-state index in [-0.39, 0.29) is 17.6 Å². The van der Waals surface area contributed by atoms with Crippen LogP contribution in [0.4, 0.5) is 10.7 Å². The van der Waals surface area contributed by atoms with Crippen LogP contribution in [0, 0.1) is 0 Å². The van der Waals surface area contributed by atoms with E-state index in [9.17, 15) is 9.59 Å². The van der Waals surface area contributed by atoms with Gasteiger partial charge in [-0.1, -0.05) is 18.2 Å². The summed E-state index contributed by atoms with van der Waals surface area (Å²) >= 11 is 2.84. The van der Waals surface area contributed by atoms with Crippen molar-refractivity contribution in [1.29, 1.82) is 0 Å². The molecule has 0 atom stereocenters. The second-order valence-corrected chi connectivity index (χ2v) is 10.6. The first-order valence-corrected chi connectivity index (χ1v) is 13.6. The number of fused-ring (bicyclic) bond motifs is 1. The van der Waals surface area contributed by atoms with Gasteiger partial charge < -0.3 is 19.5 Å². The predicted molar refractivity (Wildman–Crippen MR) is 142 cm³/mol. The van der Waals surface area contributed by atoms with Crippen LogP contribution < -0.4 is 10.2 Å². The molecule has 0 spiro atoms. The van der Waals surface area contributed by atoms with E-state index in [0.717, 1.165) is 54.7 Å². The summed E-state index contributed by atoms with van der Waals surface area (Å²) in [6, 6.07) is 8.15. The molecule has 0 aliphatic heterocycles. The number of esters is 1. The molecule has 35 heavy (non-hydrogen) atoms. The number of aromatic nitrogens is 3. The number of nitrogens with zero attached hydrogens (tertiary/aromatic N) is 4. The molecule has 2 aromatic heterocycles. The number of thiophene rings is 1. The first kappa shape index (κ1) is 25.2. The third-order valence-corrected chi connectivity index (χ3v) is 8.25. The molecule has 4 rings (SSSR count). The number of hydrogen-bond donors (Lipinski definition) is 1. The Balaban J connectivity index is 1.47. The van der Waals surface area contributed by atoms with E-state index in [2.05, 4.69) is 15.5 Å². The topological polar surface area (TPSA) is 89.3 Å². The van der Waals surface area contributed by atoms with Crippen LogP contribution in [-0.2, 0) is 28.9 Å². The highest BCUT2D eigenvalue weighted by atomic mass is 32.2. The van der Waals surface area contributed by atoms with Crippen LogP contribution in [0.25, 0.3) is 11.4 Å². The van der Waals surface area contributed by atoms with E-state index in [1.54, 1.807) is 0 Å². The summed E-state index contributed by atoms with van der Waals surface area (Å²) in [5.74, 6) is 0.374. The van der Waals surface area contributed by atoms with Gasteiger partial charge in [0.15, 0.2) is 11.0 Å². The third kappa shape index (κ3) is 5.54. The van der Waals surface area contributed by atoms with Crippen molar-refractivity contribution in [3.63, 3.8) is 0 Å². The Kier molecular flexibility index (Phi) is 8.12. The number of ether oxygens (including phenoxy) is 1. The molecular weight excluding hydrogens is 482 g/mol. The molecule has 0 saturated heterocycles. The minimum atomic E-state index is -0.386. The highest BCUT2D eigenvalue weighted by Crippen LogP contribution is 2.38. The molecule has 2 heterocycles. The number of methoxy groups -OCH3 is 1. The van der Waals surface area contributed by atoms with Gasteiger partial charge in [0.2, 0.25) is 5.91 Å². The molecule has 0 unspecified atom stereocenters. The van der Waals surface area contributed by atoms with Gasteiger partial charge in [0.25, 0.3) is 0 Å². The third-order valence-electron chi connectivity index (χ3n) is 6.07. The van der Waals surface area contributed by atoms with E-state index < -0.39 is 0 Å². The molecule has 1 N–H and O–H groups in total. The lowest BCUT2D eigenvalue weighted by Crippen LogP contribution is -2.16. The largest absolute Gasteiger partial charge is 0.465 e. The van der Waals surface area contributed by atoms with Crippen molar-refractivity contribution >= 4 is 45.7 Å². The summed E-state index contributed by atoms with van der Waals surface area (Å²) in [6.07, 6.45) is 5.08. The lowest BCUT2D eigenvalue weighted by molar-refractivity contribution is -0.113. The normalized spacial score (nSPS) is 13.1. The summed E-state index contributed by atoms with van der Waals surface area (Å²) in [6.45, 7) is 2.72. The maximum absolute atomic E-state index is 12.9. The van der Waals surface area contributed by atoms with Crippen molar-refractivity contribution in [1.82, 2.24) is 14.8 Å². The quantitative estimate of drug-likeness (QED) is 0.261. The van der Waals surface area contributed by atoms with Gasteiger partial charge in [0.1, 0.15) is 5.00 Å². The van der Waals surface area contributed by atoms with E-state index >= 15 is 0 Å². The van der Waals surface area contributed by atoms with Gasteiger partial charge in [0, 0.05) is 36.8 Å². The Morgan fingerprint density at radius 2 is 1.89 bits per heavy atom. The fourth-order valence-corrected chi connectivity index (χ4v) is 6.34. The Hall–Kier alpha value is -2.85. The molecule has 1 aliphatic rings. The number of carbonyl (C=O) groups is 2. The molecule has 0 bridgehead atoms. The molecule has 0 saturated carbocycles. The number of rotatable bonds is 8. The number of thioether (sulfide) groups is 1. The van der Waals surface area contributed by atoms with E-state index in [0.29, 0.717) is 22.3 Å². The average molecular weight is 514 g/mol. The molecular formula is C25H31N5O3S2. The SMILES string of the molecule is CCn1c(SCC(=O)Nc2sc3c(c2C(=O)OC)CCCCC3)nnc1-c1ccc(N(C)C)cc1. The van der Waals surface area contributed by atoms with Gasteiger partial charge in [-0.2, -0.15) is 0 Å². The number of amides is 1. The van der Waals surface area contributed by atoms with E-state index in [1.165, 1.54) is 35.1 Å². The fraction of sp³-hybridized carbons (Fsp3) is 0.440. The highest BCUT2D eigenvalue weighted by Gasteiger charge is 2.26. The summed E-state index contributed by atoms with van der Waals surface area (Å²) in [5, 5.41) is 13.0. The smallest absolute Gasteiger partial charge is 0.341 e. The van der Waals surface area contributed by atoms with Gasteiger partial charge >= 0.3 is 5.97 Å². The molecule has 186 valence electrons. The number of aryl methyl sites for hydroxylation is 1. The van der Waals surface area contributed by atoms with Gasteiger partial charge in [0.05, 0.1) is 18.4 Å². The zero-order chi connectivity index (χ0) is 24.9. The van der Waals surface area contributed by atoms with Gasteiger partial charge in [-0.05, 0) is 62.4 Å². The van der Waals surface area contributed by atoms with Gasteiger partial charge in [-0.15, -0.1) is 21.5 Å². The molecule has 1 aromatic carbocycles. The lowest BCUT2D eigenvalue weighted by atomic mass is 10.1. The monoisotopic (exact) mass is 513 g/mol. The number of carbonyl (C=O) groups excluding carboxylic acids is 2. The Morgan fingerprint density at radius 3 is 2.57 bits per heavy atom. The molecule has 10 heteroatoms. The fourth-order valence-electron chi connectivity index (χ4n) is 4.24. The summed E-state index contributed by atoms with van der Waals surface area (Å²) in [4.78, 5) is 28.6. The van der Waals surface area contributed by atoms with Crippen LogP contribution in [0.3, 0.4) is 0 Å². The van der Waals surface area contributed by atoms with Crippen molar-refractivity contribution in [2.45, 2.75) is 50.7 Å². The van der Waals surface area contributed by atoms with E-state index in [1.807, 2.05) is 54.8 Å². The van der Waals surface area contributed by atoms with Crippen LogP contribution in [0.1, 0.15) is 47.0 Å². The summed E-state index contributed by atoms with van der Waals surface area (Å²) < 4.78 is 7.05. The first-order valence-electron chi connectivity index (χ1n) is 11.8. The van der Waals surface area contributed by atoms with Crippen LogP contribution in [-0.4, -0.2) is 53.6 Å². The molecule has 0 fully saturated rings. The molecule has 3 aromatic rings.